The molecule has 1 aromatic heterocycles. The lowest BCUT2D eigenvalue weighted by Gasteiger charge is -2.27. The van der Waals surface area contributed by atoms with Gasteiger partial charge in [-0.3, -0.25) is 4.68 Å². The van der Waals surface area contributed by atoms with Crippen molar-refractivity contribution < 1.29 is 4.74 Å². The van der Waals surface area contributed by atoms with Crippen molar-refractivity contribution >= 4 is 0 Å². The van der Waals surface area contributed by atoms with Gasteiger partial charge in [-0.15, -0.1) is 0 Å². The van der Waals surface area contributed by atoms with Crippen LogP contribution in [0.25, 0.3) is 0 Å². The zero-order chi connectivity index (χ0) is 12.8. The Kier molecular flexibility index (Phi) is 4.78. The minimum absolute atomic E-state index is 0.275. The summed E-state index contributed by atoms with van der Waals surface area (Å²) in [5.41, 5.74) is 1.61. The first-order valence-electron chi connectivity index (χ1n) is 7.08. The molecule has 1 aliphatic rings. The van der Waals surface area contributed by atoms with Crippen molar-refractivity contribution in [3.63, 3.8) is 0 Å². The van der Waals surface area contributed by atoms with E-state index in [1.54, 1.807) is 0 Å². The van der Waals surface area contributed by atoms with Gasteiger partial charge in [0.2, 0.25) is 0 Å². The average Bonchev–Trinajstić information content (AvgIpc) is 3.00. The predicted octanol–water partition coefficient (Wildman–Crippen LogP) is 1.85. The van der Waals surface area contributed by atoms with Crippen LogP contribution in [0.3, 0.4) is 0 Å². The maximum Gasteiger partial charge on any atom is 0.0538 e. The standard InChI is InChI=1S/C14H25N3O/c1-3-6-15-11-14(5-7-18-12-14)8-13-9-16-17(4-2)10-13/h9-10,15H,3-8,11-12H2,1-2H3. The number of ether oxygens (including phenoxy) is 1. The highest BCUT2D eigenvalue weighted by Crippen LogP contribution is 2.32. The molecule has 2 heterocycles. The first-order valence-corrected chi connectivity index (χ1v) is 7.08. The highest BCUT2D eigenvalue weighted by molar-refractivity contribution is 5.09. The summed E-state index contributed by atoms with van der Waals surface area (Å²) in [5, 5.41) is 7.91. The maximum absolute atomic E-state index is 5.63. The summed E-state index contributed by atoms with van der Waals surface area (Å²) in [6, 6.07) is 0. The Labute approximate surface area is 110 Å². The van der Waals surface area contributed by atoms with Crippen molar-refractivity contribution in [3.05, 3.63) is 18.0 Å². The number of rotatable bonds is 7. The zero-order valence-corrected chi connectivity index (χ0v) is 11.6. The SMILES string of the molecule is CCCNCC1(Cc2cnn(CC)c2)CCOC1. The fourth-order valence-electron chi connectivity index (χ4n) is 2.62. The van der Waals surface area contributed by atoms with E-state index < -0.39 is 0 Å². The molecule has 0 bridgehead atoms. The number of aromatic nitrogens is 2. The summed E-state index contributed by atoms with van der Waals surface area (Å²) >= 11 is 0. The van der Waals surface area contributed by atoms with Crippen LogP contribution in [-0.4, -0.2) is 36.1 Å². The molecule has 1 N–H and O–H groups in total. The van der Waals surface area contributed by atoms with Gasteiger partial charge in [0.25, 0.3) is 0 Å². The maximum atomic E-state index is 5.63. The van der Waals surface area contributed by atoms with Crippen molar-refractivity contribution in [2.75, 3.05) is 26.3 Å². The van der Waals surface area contributed by atoms with Crippen molar-refractivity contribution in [1.29, 1.82) is 0 Å². The van der Waals surface area contributed by atoms with Gasteiger partial charge in [0.1, 0.15) is 0 Å². The molecule has 1 fully saturated rings. The Hall–Kier alpha value is -0.870. The van der Waals surface area contributed by atoms with E-state index in [0.29, 0.717) is 0 Å². The van der Waals surface area contributed by atoms with Crippen LogP contribution in [0.1, 0.15) is 32.3 Å². The van der Waals surface area contributed by atoms with Gasteiger partial charge in [-0.2, -0.15) is 5.10 Å². The van der Waals surface area contributed by atoms with Gasteiger partial charge in [-0.05, 0) is 38.3 Å². The lowest BCUT2D eigenvalue weighted by Crippen LogP contribution is -2.37. The first kappa shape index (κ1) is 13.6. The molecule has 4 heteroatoms. The number of nitrogens with zero attached hydrogens (tertiary/aromatic N) is 2. The topological polar surface area (TPSA) is 39.1 Å². The summed E-state index contributed by atoms with van der Waals surface area (Å²) < 4.78 is 7.63. The molecule has 1 saturated heterocycles. The minimum atomic E-state index is 0.275. The van der Waals surface area contributed by atoms with Gasteiger partial charge in [0, 0.05) is 31.3 Å². The van der Waals surface area contributed by atoms with Crippen LogP contribution in [0.15, 0.2) is 12.4 Å². The summed E-state index contributed by atoms with van der Waals surface area (Å²) in [6.45, 7) is 9.19. The van der Waals surface area contributed by atoms with E-state index in [1.165, 1.54) is 12.0 Å². The molecule has 1 atom stereocenters. The van der Waals surface area contributed by atoms with Crippen LogP contribution < -0.4 is 5.32 Å². The normalized spacial score (nSPS) is 23.7. The van der Waals surface area contributed by atoms with E-state index in [-0.39, 0.29) is 5.41 Å². The number of nitrogens with one attached hydrogen (secondary N) is 1. The van der Waals surface area contributed by atoms with Gasteiger partial charge < -0.3 is 10.1 Å². The van der Waals surface area contributed by atoms with Crippen LogP contribution in [0.4, 0.5) is 0 Å². The molecule has 0 radical (unpaired) electrons. The highest BCUT2D eigenvalue weighted by atomic mass is 16.5. The van der Waals surface area contributed by atoms with Crippen molar-refractivity contribution in [1.82, 2.24) is 15.1 Å². The fourth-order valence-corrected chi connectivity index (χ4v) is 2.62. The molecule has 102 valence electrons. The molecule has 0 amide bonds. The number of aryl methyl sites for hydroxylation is 1. The molecule has 0 spiro atoms. The van der Waals surface area contributed by atoms with E-state index in [1.807, 2.05) is 10.9 Å². The van der Waals surface area contributed by atoms with Crippen molar-refractivity contribution in [2.24, 2.45) is 5.41 Å². The van der Waals surface area contributed by atoms with E-state index >= 15 is 0 Å². The second-order valence-electron chi connectivity index (χ2n) is 5.36. The molecule has 2 rings (SSSR count). The summed E-state index contributed by atoms with van der Waals surface area (Å²) in [6.07, 6.45) is 7.58. The Morgan fingerprint density at radius 1 is 1.50 bits per heavy atom. The third-order valence-corrected chi connectivity index (χ3v) is 3.70. The Morgan fingerprint density at radius 2 is 2.39 bits per heavy atom. The van der Waals surface area contributed by atoms with Gasteiger partial charge >= 0.3 is 0 Å². The molecule has 0 aliphatic carbocycles. The van der Waals surface area contributed by atoms with Crippen LogP contribution in [0.5, 0.6) is 0 Å². The number of hydrogen-bond acceptors (Lipinski definition) is 3. The van der Waals surface area contributed by atoms with Gasteiger partial charge in [0.15, 0.2) is 0 Å². The van der Waals surface area contributed by atoms with E-state index in [9.17, 15) is 0 Å². The molecular formula is C14H25N3O. The number of hydrogen-bond donors (Lipinski definition) is 1. The van der Waals surface area contributed by atoms with Crippen molar-refractivity contribution in [3.8, 4) is 0 Å². The lowest BCUT2D eigenvalue weighted by atomic mass is 9.81. The largest absolute Gasteiger partial charge is 0.381 e. The van der Waals surface area contributed by atoms with Crippen LogP contribution in [-0.2, 0) is 17.7 Å². The van der Waals surface area contributed by atoms with Crippen LogP contribution >= 0.6 is 0 Å². The van der Waals surface area contributed by atoms with Crippen LogP contribution in [0, 0.1) is 5.41 Å². The molecule has 0 saturated carbocycles. The zero-order valence-electron chi connectivity index (χ0n) is 11.6. The summed E-state index contributed by atoms with van der Waals surface area (Å²) in [5.74, 6) is 0. The highest BCUT2D eigenvalue weighted by Gasteiger charge is 2.34. The summed E-state index contributed by atoms with van der Waals surface area (Å²) in [4.78, 5) is 0. The summed E-state index contributed by atoms with van der Waals surface area (Å²) in [7, 11) is 0. The molecule has 0 aromatic carbocycles. The van der Waals surface area contributed by atoms with Gasteiger partial charge in [-0.25, -0.2) is 0 Å². The third kappa shape index (κ3) is 3.33. The van der Waals surface area contributed by atoms with Crippen LogP contribution in [0.2, 0.25) is 0 Å². The lowest BCUT2D eigenvalue weighted by molar-refractivity contribution is 0.149. The minimum Gasteiger partial charge on any atom is -0.381 e. The average molecular weight is 251 g/mol. The Bertz CT molecular complexity index is 356. The van der Waals surface area contributed by atoms with E-state index in [4.69, 9.17) is 4.74 Å². The van der Waals surface area contributed by atoms with Gasteiger partial charge in [0.05, 0.1) is 12.8 Å². The van der Waals surface area contributed by atoms with E-state index in [2.05, 4.69) is 30.5 Å². The second kappa shape index (κ2) is 6.34. The molecule has 18 heavy (non-hydrogen) atoms. The van der Waals surface area contributed by atoms with Gasteiger partial charge in [-0.1, -0.05) is 6.92 Å². The quantitative estimate of drug-likeness (QED) is 0.752. The molecule has 1 unspecified atom stereocenters. The molecule has 1 aliphatic heterocycles. The first-order chi connectivity index (χ1) is 8.78. The Balaban J connectivity index is 1.96. The predicted molar refractivity (Wildman–Crippen MR) is 72.6 cm³/mol. The van der Waals surface area contributed by atoms with E-state index in [0.717, 1.165) is 45.7 Å². The van der Waals surface area contributed by atoms with Crippen molar-refractivity contribution in [2.45, 2.75) is 39.7 Å². The molecular weight excluding hydrogens is 226 g/mol. The fraction of sp³-hybridized carbons (Fsp3) is 0.786. The molecule has 1 aromatic rings. The Morgan fingerprint density at radius 3 is 3.00 bits per heavy atom. The molecule has 4 nitrogen and oxygen atoms in total. The second-order valence-corrected chi connectivity index (χ2v) is 5.36. The third-order valence-electron chi connectivity index (χ3n) is 3.70. The monoisotopic (exact) mass is 251 g/mol. The smallest absolute Gasteiger partial charge is 0.0538 e.